The summed E-state index contributed by atoms with van der Waals surface area (Å²) in [5.74, 6) is 0.780. The van der Waals surface area contributed by atoms with Crippen LogP contribution >= 0.6 is 0 Å². The zero-order valence-corrected chi connectivity index (χ0v) is 14.6. The molecule has 114 valence electrons. The molecule has 0 amide bonds. The Morgan fingerprint density at radius 3 is 2.40 bits per heavy atom. The van der Waals surface area contributed by atoms with Gasteiger partial charge in [-0.2, -0.15) is 0 Å². The number of hydrogen-bond donors (Lipinski definition) is 1. The first-order valence-corrected chi connectivity index (χ1v) is 10.1. The average Bonchev–Trinajstić information content (AvgIpc) is 2.33. The summed E-state index contributed by atoms with van der Waals surface area (Å²) >= 11 is 0. The normalized spacial score (nSPS) is 14.2. The highest BCUT2D eigenvalue weighted by Crippen LogP contribution is 2.36. The molecule has 3 nitrogen and oxygen atoms in total. The van der Waals surface area contributed by atoms with Gasteiger partial charge >= 0.3 is 0 Å². The predicted octanol–water partition coefficient (Wildman–Crippen LogP) is 4.14. The van der Waals surface area contributed by atoms with Gasteiger partial charge in [0.15, 0.2) is 8.32 Å². The van der Waals surface area contributed by atoms with Gasteiger partial charge in [-0.1, -0.05) is 32.9 Å². The summed E-state index contributed by atoms with van der Waals surface area (Å²) in [6.07, 6.45) is -0.470. The third-order valence-electron chi connectivity index (χ3n) is 3.96. The van der Waals surface area contributed by atoms with Crippen LogP contribution < -0.4 is 4.74 Å². The fourth-order valence-corrected chi connectivity index (χ4v) is 2.56. The number of benzene rings is 1. The standard InChI is InChI=1S/C16H28O3Si/c1-13(17)14-8-7-9-15(12-14)18-10-11-19-20(5,6)16(2,3)4/h7-9,12-13,17H,10-11H2,1-6H3/t13-/m1/s1. The van der Waals surface area contributed by atoms with E-state index in [4.69, 9.17) is 9.16 Å². The topological polar surface area (TPSA) is 38.7 Å². The van der Waals surface area contributed by atoms with Crippen LogP contribution in [0, 0.1) is 0 Å². The Labute approximate surface area is 124 Å². The summed E-state index contributed by atoms with van der Waals surface area (Å²) in [5.41, 5.74) is 0.868. The smallest absolute Gasteiger partial charge is 0.192 e. The van der Waals surface area contributed by atoms with Crippen molar-refractivity contribution in [2.75, 3.05) is 13.2 Å². The second-order valence-corrected chi connectivity index (χ2v) is 11.5. The highest BCUT2D eigenvalue weighted by atomic mass is 28.4. The minimum absolute atomic E-state index is 0.221. The molecule has 1 N–H and O–H groups in total. The molecule has 0 saturated heterocycles. The van der Waals surface area contributed by atoms with Gasteiger partial charge in [0.1, 0.15) is 12.4 Å². The summed E-state index contributed by atoms with van der Waals surface area (Å²) in [6, 6.07) is 7.56. The van der Waals surface area contributed by atoms with Gasteiger partial charge in [-0.15, -0.1) is 0 Å². The maximum absolute atomic E-state index is 9.54. The molecule has 0 unspecified atom stereocenters. The Morgan fingerprint density at radius 1 is 1.20 bits per heavy atom. The van der Waals surface area contributed by atoms with Crippen LogP contribution in [-0.2, 0) is 4.43 Å². The molecule has 1 atom stereocenters. The molecule has 0 heterocycles. The molecule has 0 aliphatic carbocycles. The third kappa shape index (κ3) is 4.92. The van der Waals surface area contributed by atoms with Crippen molar-refractivity contribution in [1.29, 1.82) is 0 Å². The largest absolute Gasteiger partial charge is 0.491 e. The van der Waals surface area contributed by atoms with Gasteiger partial charge in [0.25, 0.3) is 0 Å². The van der Waals surface area contributed by atoms with Crippen molar-refractivity contribution in [3.05, 3.63) is 29.8 Å². The summed E-state index contributed by atoms with van der Waals surface area (Å²) < 4.78 is 11.7. The molecule has 1 aromatic rings. The van der Waals surface area contributed by atoms with E-state index in [0.29, 0.717) is 13.2 Å². The highest BCUT2D eigenvalue weighted by Gasteiger charge is 2.36. The second kappa shape index (κ2) is 6.74. The Hall–Kier alpha value is -0.843. The van der Waals surface area contributed by atoms with E-state index in [0.717, 1.165) is 11.3 Å². The highest BCUT2D eigenvalue weighted by molar-refractivity contribution is 6.74. The lowest BCUT2D eigenvalue weighted by molar-refractivity contribution is 0.194. The number of ether oxygens (including phenoxy) is 1. The summed E-state index contributed by atoms with van der Waals surface area (Å²) in [6.45, 7) is 14.1. The zero-order valence-electron chi connectivity index (χ0n) is 13.6. The molecule has 1 rings (SSSR count). The molecule has 0 saturated carbocycles. The molecule has 0 aromatic heterocycles. The molecule has 0 aliphatic heterocycles. The first-order valence-electron chi connectivity index (χ1n) is 7.18. The van der Waals surface area contributed by atoms with Crippen molar-refractivity contribution in [1.82, 2.24) is 0 Å². The van der Waals surface area contributed by atoms with Gasteiger partial charge in [-0.25, -0.2) is 0 Å². The average molecular weight is 296 g/mol. The van der Waals surface area contributed by atoms with Gasteiger partial charge in [0, 0.05) is 0 Å². The minimum atomic E-state index is -1.69. The van der Waals surface area contributed by atoms with E-state index in [1.165, 1.54) is 0 Å². The molecular weight excluding hydrogens is 268 g/mol. The first kappa shape index (κ1) is 17.2. The number of aliphatic hydroxyl groups excluding tert-OH is 1. The molecule has 0 bridgehead atoms. The lowest BCUT2D eigenvalue weighted by Gasteiger charge is -2.36. The fourth-order valence-electron chi connectivity index (χ4n) is 1.54. The molecule has 0 fully saturated rings. The van der Waals surface area contributed by atoms with E-state index < -0.39 is 14.4 Å². The van der Waals surface area contributed by atoms with Gasteiger partial charge in [-0.3, -0.25) is 0 Å². The van der Waals surface area contributed by atoms with Crippen LogP contribution in [0.25, 0.3) is 0 Å². The molecule has 0 aliphatic rings. The van der Waals surface area contributed by atoms with Crippen LogP contribution in [0.5, 0.6) is 5.75 Å². The summed E-state index contributed by atoms with van der Waals surface area (Å²) in [7, 11) is -1.69. The van der Waals surface area contributed by atoms with Crippen LogP contribution in [0.2, 0.25) is 18.1 Å². The third-order valence-corrected chi connectivity index (χ3v) is 8.50. The molecular formula is C16H28O3Si. The van der Waals surface area contributed by atoms with Gasteiger partial charge < -0.3 is 14.3 Å². The second-order valence-electron chi connectivity index (χ2n) is 6.71. The minimum Gasteiger partial charge on any atom is -0.491 e. The SMILES string of the molecule is C[C@@H](O)c1cccc(OCCO[Si](C)(C)C(C)(C)C)c1. The molecule has 4 heteroatoms. The Balaban J connectivity index is 2.44. The van der Waals surface area contributed by atoms with Crippen molar-refractivity contribution in [3.63, 3.8) is 0 Å². The molecule has 1 aromatic carbocycles. The summed E-state index contributed by atoms with van der Waals surface area (Å²) in [4.78, 5) is 0. The molecule has 0 spiro atoms. The van der Waals surface area contributed by atoms with E-state index >= 15 is 0 Å². The zero-order chi connectivity index (χ0) is 15.4. The van der Waals surface area contributed by atoms with Crippen molar-refractivity contribution in [3.8, 4) is 5.75 Å². The lowest BCUT2D eigenvalue weighted by Crippen LogP contribution is -2.41. The predicted molar refractivity (Wildman–Crippen MR) is 85.7 cm³/mol. The Bertz CT molecular complexity index is 422. The number of rotatable bonds is 6. The first-order chi connectivity index (χ1) is 9.13. The van der Waals surface area contributed by atoms with Crippen LogP contribution in [0.4, 0.5) is 0 Å². The summed E-state index contributed by atoms with van der Waals surface area (Å²) in [5, 5.41) is 9.76. The van der Waals surface area contributed by atoms with Crippen molar-refractivity contribution < 1.29 is 14.3 Å². The molecule has 0 radical (unpaired) electrons. The number of aliphatic hydroxyl groups is 1. The van der Waals surface area contributed by atoms with E-state index in [2.05, 4.69) is 33.9 Å². The van der Waals surface area contributed by atoms with Gasteiger partial charge in [-0.05, 0) is 42.8 Å². The van der Waals surface area contributed by atoms with Crippen molar-refractivity contribution >= 4 is 8.32 Å². The van der Waals surface area contributed by atoms with Crippen LogP contribution in [0.3, 0.4) is 0 Å². The van der Waals surface area contributed by atoms with Crippen LogP contribution in [0.1, 0.15) is 39.4 Å². The number of hydrogen-bond acceptors (Lipinski definition) is 3. The van der Waals surface area contributed by atoms with Crippen LogP contribution in [0.15, 0.2) is 24.3 Å². The van der Waals surface area contributed by atoms with Crippen LogP contribution in [-0.4, -0.2) is 26.6 Å². The Morgan fingerprint density at radius 2 is 1.85 bits per heavy atom. The van der Waals surface area contributed by atoms with E-state index in [1.807, 2.05) is 24.3 Å². The quantitative estimate of drug-likeness (QED) is 0.633. The Kier molecular flexibility index (Phi) is 5.80. The van der Waals surface area contributed by atoms with E-state index in [1.54, 1.807) is 6.92 Å². The van der Waals surface area contributed by atoms with Crippen molar-refractivity contribution in [2.24, 2.45) is 0 Å². The van der Waals surface area contributed by atoms with Gasteiger partial charge in [0.05, 0.1) is 12.7 Å². The lowest BCUT2D eigenvalue weighted by atomic mass is 10.1. The molecule has 20 heavy (non-hydrogen) atoms. The fraction of sp³-hybridized carbons (Fsp3) is 0.625. The maximum atomic E-state index is 9.54. The maximum Gasteiger partial charge on any atom is 0.192 e. The van der Waals surface area contributed by atoms with E-state index in [9.17, 15) is 5.11 Å². The van der Waals surface area contributed by atoms with Crippen molar-refractivity contribution in [2.45, 2.75) is 51.9 Å². The van der Waals surface area contributed by atoms with Gasteiger partial charge in [0.2, 0.25) is 0 Å². The van der Waals surface area contributed by atoms with E-state index in [-0.39, 0.29) is 5.04 Å². The monoisotopic (exact) mass is 296 g/mol.